The molecular formula is C18H20N2O4S. The molecule has 0 fully saturated rings. The van der Waals surface area contributed by atoms with Gasteiger partial charge in [-0.3, -0.25) is 14.9 Å². The van der Waals surface area contributed by atoms with Crippen LogP contribution in [0, 0.1) is 10.1 Å². The Balaban J connectivity index is 1.76. The number of nitro benzene ring substituents is 1. The lowest BCUT2D eigenvalue weighted by molar-refractivity contribution is -0.384. The minimum Gasteiger partial charge on any atom is -0.497 e. The van der Waals surface area contributed by atoms with Crippen LogP contribution in [0.4, 0.5) is 5.69 Å². The van der Waals surface area contributed by atoms with Crippen molar-refractivity contribution >= 4 is 23.4 Å². The number of hydrogen-bond donors (Lipinski definition) is 1. The molecule has 2 aromatic rings. The van der Waals surface area contributed by atoms with Gasteiger partial charge in [-0.15, -0.1) is 11.8 Å². The third-order valence-corrected chi connectivity index (χ3v) is 4.65. The average molecular weight is 360 g/mol. The van der Waals surface area contributed by atoms with Crippen LogP contribution < -0.4 is 10.1 Å². The molecule has 1 amide bonds. The highest BCUT2D eigenvalue weighted by atomic mass is 32.2. The molecule has 0 aliphatic heterocycles. The molecule has 0 saturated carbocycles. The zero-order valence-corrected chi connectivity index (χ0v) is 14.9. The molecule has 0 radical (unpaired) electrons. The predicted octanol–water partition coefficient (Wildman–Crippen LogP) is 3.71. The number of nitrogens with zero attached hydrogens (tertiary/aromatic N) is 1. The van der Waals surface area contributed by atoms with Crippen molar-refractivity contribution in [2.45, 2.75) is 18.7 Å². The number of ether oxygens (including phenoxy) is 1. The van der Waals surface area contributed by atoms with E-state index in [2.05, 4.69) is 5.32 Å². The number of carbonyl (C=O) groups excluding carboxylic acids is 1. The summed E-state index contributed by atoms with van der Waals surface area (Å²) in [5, 5.41) is 13.6. The van der Waals surface area contributed by atoms with Crippen molar-refractivity contribution in [2.75, 3.05) is 12.9 Å². The molecule has 2 aromatic carbocycles. The Morgan fingerprint density at radius 1 is 1.20 bits per heavy atom. The lowest BCUT2D eigenvalue weighted by Gasteiger charge is -2.14. The van der Waals surface area contributed by atoms with Crippen molar-refractivity contribution in [2.24, 2.45) is 0 Å². The van der Waals surface area contributed by atoms with Gasteiger partial charge >= 0.3 is 0 Å². The van der Waals surface area contributed by atoms with Gasteiger partial charge in [-0.25, -0.2) is 0 Å². The van der Waals surface area contributed by atoms with Crippen molar-refractivity contribution in [3.05, 3.63) is 69.8 Å². The molecule has 0 spiro atoms. The van der Waals surface area contributed by atoms with Crippen LogP contribution in [-0.4, -0.2) is 23.7 Å². The maximum Gasteiger partial charge on any atom is 0.269 e. The van der Waals surface area contributed by atoms with Crippen molar-refractivity contribution < 1.29 is 14.5 Å². The van der Waals surface area contributed by atoms with E-state index in [1.165, 1.54) is 23.9 Å². The van der Waals surface area contributed by atoms with Crippen LogP contribution in [0.2, 0.25) is 0 Å². The van der Waals surface area contributed by atoms with Gasteiger partial charge < -0.3 is 10.1 Å². The molecule has 7 heteroatoms. The summed E-state index contributed by atoms with van der Waals surface area (Å²) in [5.41, 5.74) is 2.03. The first-order chi connectivity index (χ1) is 12.0. The summed E-state index contributed by atoms with van der Waals surface area (Å²) in [6, 6.07) is 13.9. The topological polar surface area (TPSA) is 81.5 Å². The van der Waals surface area contributed by atoms with Crippen molar-refractivity contribution in [1.29, 1.82) is 0 Å². The maximum atomic E-state index is 12.0. The maximum absolute atomic E-state index is 12.0. The van der Waals surface area contributed by atoms with Crippen LogP contribution in [0.1, 0.15) is 24.1 Å². The standard InChI is InChI=1S/C18H20N2O4S/c1-13(15-5-9-17(24-2)10-6-15)19-18(21)12-25-11-14-3-7-16(8-4-14)20(22)23/h3-10,13H,11-12H2,1-2H3,(H,19,21)/t13-/m1/s1. The molecule has 2 rings (SSSR count). The highest BCUT2D eigenvalue weighted by Crippen LogP contribution is 2.19. The van der Waals surface area contributed by atoms with E-state index < -0.39 is 4.92 Å². The number of amides is 1. The summed E-state index contributed by atoms with van der Waals surface area (Å²) in [5.74, 6) is 1.69. The number of non-ortho nitro benzene ring substituents is 1. The fourth-order valence-corrected chi connectivity index (χ4v) is 3.03. The normalized spacial score (nSPS) is 11.6. The van der Waals surface area contributed by atoms with Crippen LogP contribution in [0.25, 0.3) is 0 Å². The number of benzene rings is 2. The molecule has 0 aliphatic rings. The fourth-order valence-electron chi connectivity index (χ4n) is 2.23. The summed E-state index contributed by atoms with van der Waals surface area (Å²) >= 11 is 1.47. The number of hydrogen-bond acceptors (Lipinski definition) is 5. The first-order valence-electron chi connectivity index (χ1n) is 7.74. The van der Waals surface area contributed by atoms with E-state index in [1.807, 2.05) is 31.2 Å². The summed E-state index contributed by atoms with van der Waals surface area (Å²) in [4.78, 5) is 22.2. The quantitative estimate of drug-likeness (QED) is 0.573. The molecule has 6 nitrogen and oxygen atoms in total. The Kier molecular flexibility index (Phi) is 6.82. The molecule has 0 bridgehead atoms. The van der Waals surface area contributed by atoms with Gasteiger partial charge in [0.25, 0.3) is 5.69 Å². The van der Waals surface area contributed by atoms with Crippen molar-refractivity contribution in [3.63, 3.8) is 0 Å². The Morgan fingerprint density at radius 3 is 2.40 bits per heavy atom. The highest BCUT2D eigenvalue weighted by molar-refractivity contribution is 7.99. The summed E-state index contributed by atoms with van der Waals surface area (Å²) < 4.78 is 5.12. The minimum atomic E-state index is -0.426. The van der Waals surface area contributed by atoms with Gasteiger partial charge in [0.1, 0.15) is 5.75 Å². The Morgan fingerprint density at radius 2 is 1.84 bits per heavy atom. The van der Waals surface area contributed by atoms with Crippen molar-refractivity contribution in [1.82, 2.24) is 5.32 Å². The molecule has 1 N–H and O–H groups in total. The Labute approximate surface area is 150 Å². The number of carbonyl (C=O) groups is 1. The van der Waals surface area contributed by atoms with E-state index >= 15 is 0 Å². The van der Waals surface area contributed by atoms with Crippen LogP contribution in [0.3, 0.4) is 0 Å². The van der Waals surface area contributed by atoms with Gasteiger partial charge in [-0.2, -0.15) is 0 Å². The van der Waals surface area contributed by atoms with E-state index in [0.29, 0.717) is 11.5 Å². The molecule has 0 aromatic heterocycles. The molecule has 0 aliphatic carbocycles. The smallest absolute Gasteiger partial charge is 0.269 e. The highest BCUT2D eigenvalue weighted by Gasteiger charge is 2.10. The van der Waals surface area contributed by atoms with Crippen LogP contribution in [0.5, 0.6) is 5.75 Å². The van der Waals surface area contributed by atoms with Crippen LogP contribution in [-0.2, 0) is 10.5 Å². The van der Waals surface area contributed by atoms with Gasteiger partial charge in [-0.05, 0) is 30.2 Å². The lowest BCUT2D eigenvalue weighted by Crippen LogP contribution is -2.28. The largest absolute Gasteiger partial charge is 0.497 e. The van der Waals surface area contributed by atoms with E-state index in [1.54, 1.807) is 19.2 Å². The third-order valence-electron chi connectivity index (χ3n) is 3.64. The molecule has 0 heterocycles. The predicted molar refractivity (Wildman–Crippen MR) is 98.8 cm³/mol. The van der Waals surface area contributed by atoms with Crippen molar-refractivity contribution in [3.8, 4) is 5.75 Å². The van der Waals surface area contributed by atoms with Gasteiger partial charge in [0.05, 0.1) is 23.8 Å². The van der Waals surface area contributed by atoms with Gasteiger partial charge in [-0.1, -0.05) is 24.3 Å². The molecule has 132 valence electrons. The molecule has 25 heavy (non-hydrogen) atoms. The summed E-state index contributed by atoms with van der Waals surface area (Å²) in [7, 11) is 1.61. The van der Waals surface area contributed by atoms with Gasteiger partial charge in [0.2, 0.25) is 5.91 Å². The summed E-state index contributed by atoms with van der Waals surface area (Å²) in [6.45, 7) is 1.93. The number of thioether (sulfide) groups is 1. The first kappa shape index (κ1) is 18.8. The van der Waals surface area contributed by atoms with E-state index in [0.717, 1.165) is 16.9 Å². The number of methoxy groups -OCH3 is 1. The third kappa shape index (κ3) is 5.79. The van der Waals surface area contributed by atoms with E-state index in [9.17, 15) is 14.9 Å². The molecule has 0 unspecified atom stereocenters. The molecule has 1 atom stereocenters. The zero-order chi connectivity index (χ0) is 18.2. The van der Waals surface area contributed by atoms with Gasteiger partial charge in [0.15, 0.2) is 0 Å². The van der Waals surface area contributed by atoms with Crippen LogP contribution in [0.15, 0.2) is 48.5 Å². The fraction of sp³-hybridized carbons (Fsp3) is 0.278. The average Bonchev–Trinajstić information content (AvgIpc) is 2.62. The molecular weight excluding hydrogens is 340 g/mol. The van der Waals surface area contributed by atoms with E-state index in [-0.39, 0.29) is 17.6 Å². The monoisotopic (exact) mass is 360 g/mol. The number of nitro groups is 1. The summed E-state index contributed by atoms with van der Waals surface area (Å²) in [6.07, 6.45) is 0. The van der Waals surface area contributed by atoms with E-state index in [4.69, 9.17) is 4.74 Å². The van der Waals surface area contributed by atoms with Gasteiger partial charge in [0, 0.05) is 17.9 Å². The first-order valence-corrected chi connectivity index (χ1v) is 8.89. The minimum absolute atomic E-state index is 0.0461. The Bertz CT molecular complexity index is 717. The zero-order valence-electron chi connectivity index (χ0n) is 14.1. The second kappa shape index (κ2) is 9.08. The second-order valence-corrected chi connectivity index (χ2v) is 6.46. The number of nitrogens with one attached hydrogen (secondary N) is 1. The molecule has 0 saturated heterocycles. The number of rotatable bonds is 8. The van der Waals surface area contributed by atoms with Crippen LogP contribution >= 0.6 is 11.8 Å². The Hall–Kier alpha value is -2.54. The second-order valence-electron chi connectivity index (χ2n) is 5.48. The SMILES string of the molecule is COc1ccc([C@@H](C)NC(=O)CSCc2ccc([N+](=O)[O-])cc2)cc1. The lowest BCUT2D eigenvalue weighted by atomic mass is 10.1.